The molecule has 3 heterocycles. The van der Waals surface area contributed by atoms with Gasteiger partial charge in [-0.1, -0.05) is 0 Å². The molecule has 0 amide bonds. The van der Waals surface area contributed by atoms with Crippen molar-refractivity contribution in [3.63, 3.8) is 0 Å². The predicted octanol–water partition coefficient (Wildman–Crippen LogP) is 5.38. The second kappa shape index (κ2) is 8.48. The van der Waals surface area contributed by atoms with Crippen LogP contribution >= 0.6 is 26.3 Å². The number of ether oxygens (including phenoxy) is 3. The molecular weight excluding hydrogens is 530 g/mol. The Balaban J connectivity index is 1.56. The van der Waals surface area contributed by atoms with Crippen LogP contribution in [-0.4, -0.2) is 32.0 Å². The molecule has 168 valence electrons. The van der Waals surface area contributed by atoms with Crippen molar-refractivity contribution in [2.45, 2.75) is 25.7 Å². The molecule has 0 spiro atoms. The van der Waals surface area contributed by atoms with E-state index in [0.29, 0.717) is 19.8 Å². The molecule has 0 atom stereocenters. The fourth-order valence-corrected chi connectivity index (χ4v) is 13.7. The van der Waals surface area contributed by atoms with Crippen molar-refractivity contribution >= 4 is 42.2 Å². The molecule has 3 saturated heterocycles. The van der Waals surface area contributed by atoms with E-state index in [0.717, 1.165) is 19.0 Å². The Labute approximate surface area is 203 Å². The summed E-state index contributed by atoms with van der Waals surface area (Å²) in [4.78, 5) is 0. The average Bonchev–Trinajstić information content (AvgIpc) is 2.87. The van der Waals surface area contributed by atoms with Crippen LogP contribution in [-0.2, 0) is 14.2 Å². The van der Waals surface area contributed by atoms with E-state index in [1.165, 1.54) is 15.9 Å². The Morgan fingerprint density at radius 3 is 1.44 bits per heavy atom. The van der Waals surface area contributed by atoms with Crippen LogP contribution in [0.2, 0.25) is 0 Å². The minimum atomic E-state index is -2.77. The molecule has 0 aliphatic carbocycles. The zero-order valence-electron chi connectivity index (χ0n) is 18.5. The molecule has 2 bridgehead atoms. The molecule has 6 rings (SSSR count). The van der Waals surface area contributed by atoms with Crippen molar-refractivity contribution in [2.75, 3.05) is 26.0 Å². The Kier molecular flexibility index (Phi) is 5.96. The van der Waals surface area contributed by atoms with E-state index in [1.807, 2.05) is 0 Å². The zero-order valence-corrected chi connectivity index (χ0v) is 21.5. The molecule has 3 aromatic carbocycles. The van der Waals surface area contributed by atoms with Crippen LogP contribution in [0, 0.1) is 5.41 Å². The Hall–Kier alpha value is -1.30. The summed E-state index contributed by atoms with van der Waals surface area (Å²) in [7, 11) is 0. The van der Waals surface area contributed by atoms with Gasteiger partial charge in [0.25, 0.3) is 0 Å². The maximum atomic E-state index is 6.10. The standard InChI is InChI=1S/C27H30IO3P/c1-26-20-29-27(30-21-26,31-22-26)18-11-19-32(28,23-12-5-2-6-13-23,24-14-7-3-8-15-24)25-16-9-4-10-17-25/h2-10,12-17H,11,18-22H2,1H3. The van der Waals surface area contributed by atoms with Gasteiger partial charge in [0.2, 0.25) is 0 Å². The molecule has 3 aliphatic heterocycles. The quantitative estimate of drug-likeness (QED) is 0.287. The third kappa shape index (κ3) is 3.74. The van der Waals surface area contributed by atoms with Crippen molar-refractivity contribution in [1.29, 1.82) is 0 Å². The first-order chi connectivity index (χ1) is 15.5. The summed E-state index contributed by atoms with van der Waals surface area (Å²) in [6.45, 7) is 4.28. The van der Waals surface area contributed by atoms with Gasteiger partial charge in [0, 0.05) is 0 Å². The summed E-state index contributed by atoms with van der Waals surface area (Å²) in [5, 5.41) is 4.20. The van der Waals surface area contributed by atoms with E-state index in [-0.39, 0.29) is 5.41 Å². The molecule has 0 unspecified atom stereocenters. The van der Waals surface area contributed by atoms with Crippen molar-refractivity contribution in [2.24, 2.45) is 5.41 Å². The first-order valence-corrected chi connectivity index (χ1v) is 16.5. The molecule has 3 nitrogen and oxygen atoms in total. The van der Waals surface area contributed by atoms with Gasteiger partial charge in [0.05, 0.1) is 0 Å². The summed E-state index contributed by atoms with van der Waals surface area (Å²) in [6, 6.07) is 33.1. The van der Waals surface area contributed by atoms with Gasteiger partial charge in [-0.2, -0.15) is 0 Å². The van der Waals surface area contributed by atoms with Gasteiger partial charge in [-0.3, -0.25) is 0 Å². The number of benzene rings is 3. The summed E-state index contributed by atoms with van der Waals surface area (Å²) in [6.07, 6.45) is 2.69. The third-order valence-electron chi connectivity index (χ3n) is 6.87. The van der Waals surface area contributed by atoms with E-state index in [9.17, 15) is 0 Å². The monoisotopic (exact) mass is 560 g/mol. The topological polar surface area (TPSA) is 27.7 Å². The molecule has 3 aromatic rings. The zero-order chi connectivity index (χ0) is 22.1. The summed E-state index contributed by atoms with van der Waals surface area (Å²) in [5.41, 5.74) is -0.0116. The maximum absolute atomic E-state index is 6.10. The SMILES string of the molecule is CC12COC(CCCP(I)(c3ccccc3)(c3ccccc3)c3ccccc3)(OC1)OC2. The van der Waals surface area contributed by atoms with E-state index in [4.69, 9.17) is 14.2 Å². The van der Waals surface area contributed by atoms with E-state index in [1.54, 1.807) is 0 Å². The third-order valence-corrected chi connectivity index (χ3v) is 18.6. The first kappa shape index (κ1) is 22.5. The van der Waals surface area contributed by atoms with Gasteiger partial charge in [0.15, 0.2) is 0 Å². The Morgan fingerprint density at radius 2 is 1.06 bits per heavy atom. The summed E-state index contributed by atoms with van der Waals surface area (Å²) >= 11 is 2.84. The van der Waals surface area contributed by atoms with Gasteiger partial charge in [-0.15, -0.1) is 0 Å². The fraction of sp³-hybridized carbons (Fsp3) is 0.333. The van der Waals surface area contributed by atoms with Crippen LogP contribution in [0.3, 0.4) is 0 Å². The van der Waals surface area contributed by atoms with Crippen LogP contribution in [0.5, 0.6) is 0 Å². The van der Waals surface area contributed by atoms with Crippen LogP contribution in [0.1, 0.15) is 19.8 Å². The molecule has 3 fully saturated rings. The van der Waals surface area contributed by atoms with Crippen molar-refractivity contribution in [3.05, 3.63) is 91.0 Å². The van der Waals surface area contributed by atoms with Crippen LogP contribution < -0.4 is 15.9 Å². The number of fused-ring (bicyclic) bond motifs is 3. The Morgan fingerprint density at radius 1 is 0.688 bits per heavy atom. The number of rotatable bonds is 7. The number of halogens is 1. The van der Waals surface area contributed by atoms with Crippen molar-refractivity contribution in [1.82, 2.24) is 0 Å². The molecule has 0 aromatic heterocycles. The number of hydrogen-bond acceptors (Lipinski definition) is 3. The summed E-state index contributed by atoms with van der Waals surface area (Å²) in [5.74, 6) is -0.881. The molecule has 5 heteroatoms. The van der Waals surface area contributed by atoms with Crippen molar-refractivity contribution < 1.29 is 14.2 Å². The second-order valence-electron chi connectivity index (χ2n) is 9.38. The van der Waals surface area contributed by atoms with Gasteiger partial charge in [-0.25, -0.2) is 0 Å². The predicted molar refractivity (Wildman–Crippen MR) is 142 cm³/mol. The summed E-state index contributed by atoms with van der Waals surface area (Å²) < 4.78 is 15.5. The molecule has 32 heavy (non-hydrogen) atoms. The van der Waals surface area contributed by atoms with Crippen LogP contribution in [0.15, 0.2) is 91.0 Å². The molecule has 0 N–H and O–H groups in total. The molecule has 0 saturated carbocycles. The Bertz CT molecular complexity index is 934. The molecule has 3 aliphatic rings. The normalized spacial score (nSPS) is 26.4. The average molecular weight is 560 g/mol. The van der Waals surface area contributed by atoms with E-state index < -0.39 is 10.2 Å². The van der Waals surface area contributed by atoms with Crippen LogP contribution in [0.4, 0.5) is 0 Å². The molecular formula is C27H30IO3P. The van der Waals surface area contributed by atoms with Gasteiger partial charge >= 0.3 is 205 Å². The molecule has 0 radical (unpaired) electrons. The van der Waals surface area contributed by atoms with E-state index in [2.05, 4.69) is 120 Å². The fourth-order valence-electron chi connectivity index (χ4n) is 4.96. The van der Waals surface area contributed by atoms with Gasteiger partial charge < -0.3 is 0 Å². The minimum absolute atomic E-state index is 0.0116. The van der Waals surface area contributed by atoms with E-state index >= 15 is 0 Å². The second-order valence-corrected chi connectivity index (χ2v) is 20.1. The van der Waals surface area contributed by atoms with Gasteiger partial charge in [-0.05, 0) is 0 Å². The number of hydrogen-bond donors (Lipinski definition) is 0. The van der Waals surface area contributed by atoms with Crippen molar-refractivity contribution in [3.8, 4) is 0 Å². The van der Waals surface area contributed by atoms with Gasteiger partial charge in [0.1, 0.15) is 0 Å². The van der Waals surface area contributed by atoms with Crippen LogP contribution in [0.25, 0.3) is 0 Å². The first-order valence-electron chi connectivity index (χ1n) is 11.3.